The fraction of sp³-hybridized carbons (Fsp3) is 0.273. The van der Waals surface area contributed by atoms with Gasteiger partial charge in [-0.2, -0.15) is 0 Å². The first-order valence-electron chi connectivity index (χ1n) is 9.34. The van der Waals surface area contributed by atoms with Gasteiger partial charge in [0.25, 0.3) is 0 Å². The molecule has 4 rings (SSSR count). The minimum atomic E-state index is -0.0764. The molecule has 2 heterocycles. The molecule has 5 nitrogen and oxygen atoms in total. The van der Waals surface area contributed by atoms with E-state index in [0.29, 0.717) is 20.7 Å². The molecule has 2 aromatic rings. The molecule has 28 heavy (non-hydrogen) atoms. The predicted molar refractivity (Wildman–Crippen MR) is 114 cm³/mol. The summed E-state index contributed by atoms with van der Waals surface area (Å²) in [6, 6.07) is 15.7. The van der Waals surface area contributed by atoms with Crippen LogP contribution >= 0.6 is 0 Å². The quantitative estimate of drug-likeness (QED) is 0.541. The summed E-state index contributed by atoms with van der Waals surface area (Å²) in [7, 11) is 1.64. The first kappa shape index (κ1) is 18.8. The van der Waals surface area contributed by atoms with Gasteiger partial charge in [0.05, 0.1) is 7.11 Å². The van der Waals surface area contributed by atoms with Gasteiger partial charge in [-0.3, -0.25) is 0 Å². The summed E-state index contributed by atoms with van der Waals surface area (Å²) in [6.07, 6.45) is 1.85. The third-order valence-corrected chi connectivity index (χ3v) is 6.79. The summed E-state index contributed by atoms with van der Waals surface area (Å²) in [5.74, 6) is 1.47. The van der Waals surface area contributed by atoms with Gasteiger partial charge >= 0.3 is 165 Å². The summed E-state index contributed by atoms with van der Waals surface area (Å²) < 4.78 is 5.21. The van der Waals surface area contributed by atoms with Crippen LogP contribution in [0.1, 0.15) is 11.1 Å². The molecule has 0 saturated carbocycles. The number of carbonyl (C=O) groups excluding carboxylic acids is 1. The van der Waals surface area contributed by atoms with Gasteiger partial charge in [0.15, 0.2) is 0 Å². The number of nitrogens with zero attached hydrogens (tertiary/aromatic N) is 3. The molecule has 0 unspecified atom stereocenters. The van der Waals surface area contributed by atoms with E-state index in [1.54, 1.807) is 12.0 Å². The van der Waals surface area contributed by atoms with Crippen LogP contribution < -0.4 is 9.64 Å². The molecule has 0 spiro atoms. The summed E-state index contributed by atoms with van der Waals surface area (Å²) >= 11 is 0.704. The fourth-order valence-electron chi connectivity index (χ4n) is 3.34. The molecule has 0 aliphatic carbocycles. The van der Waals surface area contributed by atoms with Crippen molar-refractivity contribution in [3.63, 3.8) is 0 Å². The third-order valence-electron chi connectivity index (χ3n) is 4.82. The normalized spacial score (nSPS) is 18.6. The van der Waals surface area contributed by atoms with Crippen LogP contribution in [0.5, 0.6) is 5.75 Å². The summed E-state index contributed by atoms with van der Waals surface area (Å²) in [5.41, 5.74) is 3.40. The molecule has 1 fully saturated rings. The fourth-order valence-corrected chi connectivity index (χ4v) is 5.23. The van der Waals surface area contributed by atoms with E-state index in [9.17, 15) is 4.79 Å². The van der Waals surface area contributed by atoms with Gasteiger partial charge in [-0.05, 0) is 0 Å². The molecule has 2 aliphatic rings. The first-order valence-corrected chi connectivity index (χ1v) is 11.8. The van der Waals surface area contributed by atoms with E-state index < -0.39 is 0 Å². The van der Waals surface area contributed by atoms with Gasteiger partial charge < -0.3 is 0 Å². The number of anilines is 1. The van der Waals surface area contributed by atoms with E-state index in [2.05, 4.69) is 4.90 Å². The first-order chi connectivity index (χ1) is 13.7. The Bertz CT molecular complexity index is 931. The van der Waals surface area contributed by atoms with Crippen LogP contribution in [0.4, 0.5) is 5.69 Å². The predicted octanol–water partition coefficient (Wildman–Crippen LogP) is 3.60. The topological polar surface area (TPSA) is 45.1 Å². The van der Waals surface area contributed by atoms with E-state index in [0.717, 1.165) is 41.6 Å². The molecule has 2 aliphatic heterocycles. The van der Waals surface area contributed by atoms with Crippen LogP contribution in [0.25, 0.3) is 6.08 Å². The molecule has 0 bridgehead atoms. The molecular weight excluding hydrogens is 417 g/mol. The zero-order valence-electron chi connectivity index (χ0n) is 16.1. The minimum absolute atomic E-state index is 0.0764. The Balaban J connectivity index is 1.72. The Morgan fingerprint density at radius 1 is 1.11 bits per heavy atom. The number of aryl methyl sites for hydroxylation is 1. The van der Waals surface area contributed by atoms with Crippen molar-refractivity contribution in [1.29, 1.82) is 0 Å². The molecule has 6 heteroatoms. The molecule has 0 N–H and O–H groups in total. The summed E-state index contributed by atoms with van der Waals surface area (Å²) in [5, 5.41) is 2.39. The second-order valence-electron chi connectivity index (χ2n) is 6.79. The number of carbonyl (C=O) groups is 1. The average Bonchev–Trinajstić information content (AvgIpc) is 3.05. The monoisotopic (exact) mass is 441 g/mol. The van der Waals surface area contributed by atoms with Crippen LogP contribution in [0, 0.1) is 6.92 Å². The second-order valence-corrected chi connectivity index (χ2v) is 9.36. The van der Waals surface area contributed by atoms with Crippen molar-refractivity contribution in [3.05, 3.63) is 65.4 Å². The van der Waals surface area contributed by atoms with Crippen LogP contribution in [0.15, 0.2) is 59.2 Å². The Labute approximate surface area is 171 Å². The van der Waals surface area contributed by atoms with Gasteiger partial charge in [-0.15, -0.1) is 0 Å². The Hall–Kier alpha value is -2.56. The van der Waals surface area contributed by atoms with Crippen LogP contribution in [0.2, 0.25) is 10.6 Å². The van der Waals surface area contributed by atoms with Crippen molar-refractivity contribution >= 4 is 38.6 Å². The maximum atomic E-state index is 13.3. The number of benzene rings is 2. The third kappa shape index (κ3) is 3.84. The van der Waals surface area contributed by atoms with Crippen molar-refractivity contribution in [1.82, 2.24) is 4.90 Å². The maximum absolute atomic E-state index is 13.3. The molecule has 144 valence electrons. The molecule has 0 radical (unpaired) electrons. The average molecular weight is 440 g/mol. The van der Waals surface area contributed by atoms with Crippen LogP contribution in [0.3, 0.4) is 0 Å². The Kier molecular flexibility index (Phi) is 5.51. The van der Waals surface area contributed by atoms with E-state index in [-0.39, 0.29) is 5.91 Å². The zero-order valence-corrected chi connectivity index (χ0v) is 17.8. The van der Waals surface area contributed by atoms with E-state index in [4.69, 9.17) is 9.73 Å². The molecule has 0 aromatic heterocycles. The number of methoxy groups -OCH3 is 1. The van der Waals surface area contributed by atoms with Gasteiger partial charge in [0.2, 0.25) is 0 Å². The Morgan fingerprint density at radius 2 is 1.86 bits per heavy atom. The number of hydrogen-bond donors (Lipinski definition) is 0. The molecule has 2 aromatic carbocycles. The van der Waals surface area contributed by atoms with Crippen molar-refractivity contribution in [2.75, 3.05) is 25.1 Å². The van der Waals surface area contributed by atoms with Gasteiger partial charge in [0, 0.05) is 0 Å². The van der Waals surface area contributed by atoms with Crippen molar-refractivity contribution in [3.8, 4) is 5.75 Å². The molecule has 0 atom stereocenters. The standard InChI is InChI=1S/C22H23N3O2Se/c1-16-4-3-5-18(14-16)25-21(26)20(15-17-6-8-19(27-2)9-7-17)23-22(25)24-10-12-28-13-11-24/h3-9,14-15H,10-13H2,1-2H3/b20-15-. The second kappa shape index (κ2) is 8.21. The van der Waals surface area contributed by atoms with Crippen LogP contribution in [-0.4, -0.2) is 51.9 Å². The number of guanidine groups is 1. The Morgan fingerprint density at radius 3 is 2.54 bits per heavy atom. The van der Waals surface area contributed by atoms with Gasteiger partial charge in [-0.1, -0.05) is 0 Å². The molecule has 1 amide bonds. The van der Waals surface area contributed by atoms with E-state index in [1.165, 1.54) is 10.6 Å². The van der Waals surface area contributed by atoms with E-state index in [1.807, 2.05) is 61.5 Å². The number of rotatable bonds is 3. The number of hydrogen-bond acceptors (Lipinski definition) is 4. The van der Waals surface area contributed by atoms with Gasteiger partial charge in [-0.25, -0.2) is 0 Å². The SMILES string of the molecule is COc1ccc(/C=C2\N=C(N3CC[Se]CC3)N(c3cccc(C)c3)C2=O)cc1. The van der Waals surface area contributed by atoms with Crippen LogP contribution in [-0.2, 0) is 4.79 Å². The molecular formula is C22H23N3O2Se. The number of amides is 1. The van der Waals surface area contributed by atoms with Gasteiger partial charge in [0.1, 0.15) is 0 Å². The summed E-state index contributed by atoms with van der Waals surface area (Å²) in [4.78, 5) is 22.1. The van der Waals surface area contributed by atoms with Crippen molar-refractivity contribution < 1.29 is 9.53 Å². The number of aliphatic imine (C=N–C) groups is 1. The number of ether oxygens (including phenoxy) is 1. The summed E-state index contributed by atoms with van der Waals surface area (Å²) in [6.45, 7) is 3.97. The van der Waals surface area contributed by atoms with E-state index >= 15 is 0 Å². The molecule has 1 saturated heterocycles. The zero-order chi connectivity index (χ0) is 19.5. The van der Waals surface area contributed by atoms with Crippen molar-refractivity contribution in [2.45, 2.75) is 17.6 Å². The van der Waals surface area contributed by atoms with Crippen molar-refractivity contribution in [2.24, 2.45) is 4.99 Å².